The summed E-state index contributed by atoms with van der Waals surface area (Å²) in [6.45, 7) is 1.77. The van der Waals surface area contributed by atoms with Crippen LogP contribution in [0.5, 0.6) is 0 Å². The van der Waals surface area contributed by atoms with Crippen LogP contribution in [0.1, 0.15) is 22.8 Å². The molecule has 6 heteroatoms. The predicted octanol–water partition coefficient (Wildman–Crippen LogP) is 1.74. The quantitative estimate of drug-likeness (QED) is 0.850. The van der Waals surface area contributed by atoms with E-state index in [2.05, 4.69) is 6.07 Å². The maximum atomic E-state index is 13.6. The summed E-state index contributed by atoms with van der Waals surface area (Å²) in [5.41, 5.74) is -0.151. The molecule has 1 radical (unpaired) electrons. The first-order valence-electron chi connectivity index (χ1n) is 5.43. The molecule has 0 aliphatic rings. The molecule has 1 aromatic carbocycles. The Morgan fingerprint density at radius 1 is 1.53 bits per heavy atom. The van der Waals surface area contributed by atoms with Crippen LogP contribution in [0.25, 0.3) is 10.9 Å². The maximum Gasteiger partial charge on any atom is 0.340 e. The number of rotatable bonds is 2. The van der Waals surface area contributed by atoms with Gasteiger partial charge in [-0.1, -0.05) is 29.8 Å². The van der Waals surface area contributed by atoms with E-state index in [4.69, 9.17) is 5.11 Å². The van der Waals surface area contributed by atoms with Gasteiger partial charge in [0.15, 0.2) is 0 Å². The van der Waals surface area contributed by atoms with Gasteiger partial charge in [0, 0.05) is 51.8 Å². The third-order valence-corrected chi connectivity index (χ3v) is 2.90. The Bertz CT molecular complexity index is 709. The first-order valence-corrected chi connectivity index (χ1v) is 5.43. The van der Waals surface area contributed by atoms with E-state index >= 15 is 0 Å². The molecule has 0 atom stereocenters. The molecule has 19 heavy (non-hydrogen) atoms. The first kappa shape index (κ1) is 16.0. The van der Waals surface area contributed by atoms with Crippen LogP contribution in [0.3, 0.4) is 0 Å². The first-order chi connectivity index (χ1) is 8.47. The van der Waals surface area contributed by atoms with Crippen molar-refractivity contribution in [2.24, 2.45) is 7.05 Å². The monoisotopic (exact) mass is 337 g/mol. The average molecular weight is 337 g/mol. The minimum absolute atomic E-state index is 0. The summed E-state index contributed by atoms with van der Waals surface area (Å²) in [5.74, 6) is -1.80. The smallest absolute Gasteiger partial charge is 0.340 e. The van der Waals surface area contributed by atoms with Gasteiger partial charge in [0.1, 0.15) is 11.0 Å². The molecule has 0 bridgehead atoms. The summed E-state index contributed by atoms with van der Waals surface area (Å²) in [4.78, 5) is 22.9. The number of carboxylic acid groups (broad SMARTS) is 1. The molecule has 1 heterocycles. The van der Waals surface area contributed by atoms with Gasteiger partial charge in [0.25, 0.3) is 0 Å². The molecule has 4 nitrogen and oxygen atoms in total. The SMILES string of the molecule is CCc1c(F)[c-]cc2c(=O)c(C(=O)O)cn(C)c12.[Y]. The van der Waals surface area contributed by atoms with Gasteiger partial charge >= 0.3 is 5.97 Å². The molecule has 0 aliphatic heterocycles. The van der Waals surface area contributed by atoms with Crippen LogP contribution in [0.4, 0.5) is 4.39 Å². The second-order valence-electron chi connectivity index (χ2n) is 3.99. The number of fused-ring (bicyclic) bond motifs is 1. The number of hydrogen-bond donors (Lipinski definition) is 1. The molecule has 97 valence electrons. The average Bonchev–Trinajstić information content (AvgIpc) is 2.32. The molecule has 0 saturated heterocycles. The zero-order valence-electron chi connectivity index (χ0n) is 10.5. The molecular weight excluding hydrogens is 326 g/mol. The summed E-state index contributed by atoms with van der Waals surface area (Å²) in [6.07, 6.45) is 1.62. The van der Waals surface area contributed by atoms with Gasteiger partial charge < -0.3 is 14.5 Å². The maximum absolute atomic E-state index is 13.6. The fourth-order valence-electron chi connectivity index (χ4n) is 2.07. The number of aryl methyl sites for hydroxylation is 2. The Labute approximate surface area is 134 Å². The molecular formula is C13H11FNO3Y-. The van der Waals surface area contributed by atoms with Crippen LogP contribution in [-0.2, 0) is 46.2 Å². The third kappa shape index (κ3) is 2.62. The van der Waals surface area contributed by atoms with E-state index in [1.165, 1.54) is 16.8 Å². The molecule has 0 aliphatic carbocycles. The van der Waals surface area contributed by atoms with Gasteiger partial charge in [-0.15, -0.1) is 6.07 Å². The van der Waals surface area contributed by atoms with Gasteiger partial charge in [-0.3, -0.25) is 0 Å². The minimum atomic E-state index is -1.29. The van der Waals surface area contributed by atoms with Crippen LogP contribution in [-0.4, -0.2) is 15.6 Å². The number of pyridine rings is 1. The van der Waals surface area contributed by atoms with Gasteiger partial charge in [0.05, 0.1) is 0 Å². The van der Waals surface area contributed by atoms with E-state index in [9.17, 15) is 14.0 Å². The minimum Gasteiger partial charge on any atom is -0.478 e. The number of carbonyl (C=O) groups is 1. The van der Waals surface area contributed by atoms with Crippen molar-refractivity contribution in [3.63, 3.8) is 0 Å². The zero-order chi connectivity index (χ0) is 13.4. The van der Waals surface area contributed by atoms with Crippen molar-refractivity contribution in [1.29, 1.82) is 0 Å². The fraction of sp³-hybridized carbons (Fsp3) is 0.231. The molecule has 2 aromatic rings. The normalized spacial score (nSPS) is 10.3. The Kier molecular flexibility index (Phi) is 4.99. The van der Waals surface area contributed by atoms with Crippen LogP contribution in [0.15, 0.2) is 17.1 Å². The Morgan fingerprint density at radius 3 is 2.68 bits per heavy atom. The molecule has 2 rings (SSSR count). The Morgan fingerprint density at radius 2 is 2.16 bits per heavy atom. The van der Waals surface area contributed by atoms with Gasteiger partial charge in [0.2, 0.25) is 0 Å². The second-order valence-corrected chi connectivity index (χ2v) is 3.99. The summed E-state index contributed by atoms with van der Waals surface area (Å²) < 4.78 is 15.1. The molecule has 0 fully saturated rings. The van der Waals surface area contributed by atoms with Crippen molar-refractivity contribution in [1.82, 2.24) is 4.57 Å². The fourth-order valence-corrected chi connectivity index (χ4v) is 2.07. The molecule has 0 amide bonds. The standard InChI is InChI=1S/C13H11FNO3.Y/c1-3-7-10(14)5-4-8-11(7)15(2)6-9(12(8)16)13(17)18;/h4,6H,3H2,1-2H3,(H,17,18);/q-1;. The summed E-state index contributed by atoms with van der Waals surface area (Å²) in [5, 5.41) is 9.11. The van der Waals surface area contributed by atoms with Crippen molar-refractivity contribution in [3.05, 3.63) is 45.5 Å². The number of benzene rings is 1. The number of carboxylic acids is 1. The van der Waals surface area contributed by atoms with E-state index in [1.807, 2.05) is 0 Å². The van der Waals surface area contributed by atoms with Crippen molar-refractivity contribution < 1.29 is 47.0 Å². The summed E-state index contributed by atoms with van der Waals surface area (Å²) >= 11 is 0. The van der Waals surface area contributed by atoms with E-state index in [0.29, 0.717) is 17.5 Å². The summed E-state index contributed by atoms with van der Waals surface area (Å²) in [6, 6.07) is 3.56. The molecule has 0 spiro atoms. The Balaban J connectivity index is 0.00000180. The van der Waals surface area contributed by atoms with Crippen molar-refractivity contribution in [3.8, 4) is 0 Å². The third-order valence-electron chi connectivity index (χ3n) is 2.90. The number of aromatic carboxylic acids is 1. The Hall–Kier alpha value is -1.07. The number of hydrogen-bond acceptors (Lipinski definition) is 2. The van der Waals surface area contributed by atoms with Crippen LogP contribution in [0.2, 0.25) is 0 Å². The van der Waals surface area contributed by atoms with Crippen LogP contribution in [0, 0.1) is 11.9 Å². The second kappa shape index (κ2) is 5.93. The van der Waals surface area contributed by atoms with Gasteiger partial charge in [-0.05, 0) is 0 Å². The van der Waals surface area contributed by atoms with Gasteiger partial charge in [-0.2, -0.15) is 6.07 Å². The zero-order valence-corrected chi connectivity index (χ0v) is 13.4. The van der Waals surface area contributed by atoms with Crippen molar-refractivity contribution in [2.45, 2.75) is 13.3 Å². The van der Waals surface area contributed by atoms with E-state index in [0.717, 1.165) is 0 Å². The largest absolute Gasteiger partial charge is 0.478 e. The molecule has 1 aromatic heterocycles. The van der Waals surface area contributed by atoms with E-state index in [-0.39, 0.29) is 43.7 Å². The number of aromatic nitrogens is 1. The topological polar surface area (TPSA) is 59.3 Å². The molecule has 0 saturated carbocycles. The van der Waals surface area contributed by atoms with Gasteiger partial charge in [-0.25, -0.2) is 9.18 Å². The molecule has 1 N–H and O–H groups in total. The van der Waals surface area contributed by atoms with Crippen molar-refractivity contribution >= 4 is 16.9 Å². The van der Waals surface area contributed by atoms with Crippen LogP contribution < -0.4 is 5.43 Å². The summed E-state index contributed by atoms with van der Waals surface area (Å²) in [7, 11) is 1.59. The number of nitrogens with zero attached hydrogens (tertiary/aromatic N) is 1. The van der Waals surface area contributed by atoms with Crippen LogP contribution >= 0.6 is 0 Å². The van der Waals surface area contributed by atoms with E-state index in [1.54, 1.807) is 14.0 Å². The number of halogens is 1. The van der Waals surface area contributed by atoms with E-state index < -0.39 is 17.2 Å². The predicted molar refractivity (Wildman–Crippen MR) is 64.3 cm³/mol. The molecule has 0 unspecified atom stereocenters. The van der Waals surface area contributed by atoms with Crippen molar-refractivity contribution in [2.75, 3.05) is 0 Å².